The monoisotopic (exact) mass is 222 g/mol. The van der Waals surface area contributed by atoms with Crippen molar-refractivity contribution >= 4 is 11.6 Å². The zero-order valence-corrected chi connectivity index (χ0v) is 9.73. The number of aliphatic hydroxyl groups is 1. The van der Waals surface area contributed by atoms with Crippen LogP contribution in [0.4, 0.5) is 5.69 Å². The minimum Gasteiger partial charge on any atom is -0.396 e. The molecule has 0 aromatic heterocycles. The lowest BCUT2D eigenvalue weighted by Crippen LogP contribution is -2.27. The summed E-state index contributed by atoms with van der Waals surface area (Å²) in [5.74, 6) is -0.0993. The van der Waals surface area contributed by atoms with Crippen LogP contribution in [0.1, 0.15) is 16.8 Å². The van der Waals surface area contributed by atoms with Gasteiger partial charge < -0.3 is 15.3 Å². The summed E-state index contributed by atoms with van der Waals surface area (Å²) in [5, 5.41) is 11.4. The zero-order valence-electron chi connectivity index (χ0n) is 9.73. The van der Waals surface area contributed by atoms with Gasteiger partial charge in [0.15, 0.2) is 0 Å². The molecule has 4 heteroatoms. The summed E-state index contributed by atoms with van der Waals surface area (Å²) in [7, 11) is 3.81. The van der Waals surface area contributed by atoms with Gasteiger partial charge in [-0.05, 0) is 18.6 Å². The molecule has 0 unspecified atom stereocenters. The molecule has 1 aromatic rings. The van der Waals surface area contributed by atoms with Crippen molar-refractivity contribution in [2.75, 3.05) is 32.1 Å². The second-order valence-electron chi connectivity index (χ2n) is 3.74. The molecule has 2 N–H and O–H groups in total. The predicted molar refractivity (Wildman–Crippen MR) is 64.8 cm³/mol. The van der Waals surface area contributed by atoms with Crippen molar-refractivity contribution in [3.05, 3.63) is 29.8 Å². The number of carbonyl (C=O) groups is 1. The number of benzene rings is 1. The molecule has 0 saturated heterocycles. The lowest BCUT2D eigenvalue weighted by Gasteiger charge is -2.16. The van der Waals surface area contributed by atoms with Crippen LogP contribution in [0.5, 0.6) is 0 Å². The fourth-order valence-electron chi connectivity index (χ4n) is 1.43. The summed E-state index contributed by atoms with van der Waals surface area (Å²) in [5.41, 5.74) is 1.55. The number of amides is 1. The molecule has 88 valence electrons. The number of nitrogens with one attached hydrogen (secondary N) is 1. The first-order valence-electron chi connectivity index (χ1n) is 5.32. The van der Waals surface area contributed by atoms with Crippen molar-refractivity contribution in [1.82, 2.24) is 5.32 Å². The summed E-state index contributed by atoms with van der Waals surface area (Å²) < 4.78 is 0. The van der Waals surface area contributed by atoms with Gasteiger partial charge in [0.05, 0.1) is 5.56 Å². The number of hydrogen-bond donors (Lipinski definition) is 2. The average Bonchev–Trinajstić information content (AvgIpc) is 2.29. The van der Waals surface area contributed by atoms with Crippen molar-refractivity contribution in [2.24, 2.45) is 0 Å². The van der Waals surface area contributed by atoms with Crippen molar-refractivity contribution < 1.29 is 9.90 Å². The summed E-state index contributed by atoms with van der Waals surface area (Å²) in [6.45, 7) is 0.590. The van der Waals surface area contributed by atoms with Gasteiger partial charge in [0.1, 0.15) is 0 Å². The second kappa shape index (κ2) is 6.12. The number of nitrogens with zero attached hydrogens (tertiary/aromatic N) is 1. The van der Waals surface area contributed by atoms with Gasteiger partial charge in [0, 0.05) is 32.9 Å². The lowest BCUT2D eigenvalue weighted by molar-refractivity contribution is 0.0951. The van der Waals surface area contributed by atoms with Crippen LogP contribution in [0.3, 0.4) is 0 Å². The first-order chi connectivity index (χ1) is 7.66. The van der Waals surface area contributed by atoms with E-state index in [4.69, 9.17) is 5.11 Å². The van der Waals surface area contributed by atoms with Crippen LogP contribution in [-0.2, 0) is 0 Å². The molecule has 1 amide bonds. The van der Waals surface area contributed by atoms with Gasteiger partial charge in [-0.1, -0.05) is 12.1 Å². The van der Waals surface area contributed by atoms with Crippen LogP contribution in [0, 0.1) is 0 Å². The summed E-state index contributed by atoms with van der Waals surface area (Å²) in [6, 6.07) is 7.44. The van der Waals surface area contributed by atoms with Crippen LogP contribution in [-0.4, -0.2) is 38.3 Å². The third-order valence-corrected chi connectivity index (χ3v) is 2.25. The van der Waals surface area contributed by atoms with Crippen LogP contribution in [0.2, 0.25) is 0 Å². The fourth-order valence-corrected chi connectivity index (χ4v) is 1.43. The Hall–Kier alpha value is -1.55. The molecule has 4 nitrogen and oxygen atoms in total. The van der Waals surface area contributed by atoms with E-state index in [1.807, 2.05) is 37.2 Å². The largest absolute Gasteiger partial charge is 0.396 e. The molecule has 0 spiro atoms. The first kappa shape index (κ1) is 12.5. The number of carbonyl (C=O) groups excluding carboxylic acids is 1. The summed E-state index contributed by atoms with van der Waals surface area (Å²) in [6.07, 6.45) is 0.579. The van der Waals surface area contributed by atoms with Gasteiger partial charge in [0.25, 0.3) is 5.91 Å². The minimum atomic E-state index is -0.0993. The van der Waals surface area contributed by atoms with Crippen LogP contribution in [0.25, 0.3) is 0 Å². The van der Waals surface area contributed by atoms with Gasteiger partial charge in [-0.3, -0.25) is 4.79 Å². The minimum absolute atomic E-state index is 0.0929. The molecule has 0 aliphatic carbocycles. The highest BCUT2D eigenvalue weighted by Gasteiger charge is 2.10. The van der Waals surface area contributed by atoms with Crippen molar-refractivity contribution in [1.29, 1.82) is 0 Å². The van der Waals surface area contributed by atoms with E-state index in [-0.39, 0.29) is 12.5 Å². The number of hydrogen-bond acceptors (Lipinski definition) is 3. The highest BCUT2D eigenvalue weighted by Crippen LogP contribution is 2.17. The Morgan fingerprint density at radius 1 is 1.38 bits per heavy atom. The molecule has 1 aromatic carbocycles. The molecule has 16 heavy (non-hydrogen) atoms. The highest BCUT2D eigenvalue weighted by molar-refractivity contribution is 5.99. The zero-order chi connectivity index (χ0) is 12.0. The predicted octanol–water partition coefficient (Wildman–Crippen LogP) is 0.865. The first-order valence-corrected chi connectivity index (χ1v) is 5.32. The standard InChI is InChI=1S/C12H18N2O2/c1-14(2)11-7-4-3-6-10(11)12(16)13-8-5-9-15/h3-4,6-7,15H,5,8-9H2,1-2H3,(H,13,16). The maximum absolute atomic E-state index is 11.8. The molecule has 0 aliphatic rings. The number of rotatable bonds is 5. The summed E-state index contributed by atoms with van der Waals surface area (Å²) >= 11 is 0. The third kappa shape index (κ3) is 3.24. The van der Waals surface area contributed by atoms with E-state index in [1.165, 1.54) is 0 Å². The molecular formula is C12H18N2O2. The SMILES string of the molecule is CN(C)c1ccccc1C(=O)NCCCO. The maximum atomic E-state index is 11.8. The van der Waals surface area contributed by atoms with Gasteiger partial charge in [0.2, 0.25) is 0 Å². The van der Waals surface area contributed by atoms with Gasteiger partial charge >= 0.3 is 0 Å². The smallest absolute Gasteiger partial charge is 0.253 e. The van der Waals surface area contributed by atoms with E-state index in [1.54, 1.807) is 6.07 Å². The van der Waals surface area contributed by atoms with E-state index in [9.17, 15) is 4.79 Å². The third-order valence-electron chi connectivity index (χ3n) is 2.25. The molecular weight excluding hydrogens is 204 g/mol. The van der Waals surface area contributed by atoms with Crippen molar-refractivity contribution in [2.45, 2.75) is 6.42 Å². The van der Waals surface area contributed by atoms with Gasteiger partial charge in [-0.25, -0.2) is 0 Å². The van der Waals surface area contributed by atoms with E-state index in [0.717, 1.165) is 5.69 Å². The second-order valence-corrected chi connectivity index (χ2v) is 3.74. The number of aliphatic hydroxyl groups excluding tert-OH is 1. The normalized spacial score (nSPS) is 9.94. The Morgan fingerprint density at radius 3 is 2.69 bits per heavy atom. The van der Waals surface area contributed by atoms with Gasteiger partial charge in [-0.15, -0.1) is 0 Å². The van der Waals surface area contributed by atoms with Crippen LogP contribution in [0.15, 0.2) is 24.3 Å². The molecule has 0 bridgehead atoms. The average molecular weight is 222 g/mol. The van der Waals surface area contributed by atoms with Crippen LogP contribution < -0.4 is 10.2 Å². The van der Waals surface area contributed by atoms with Crippen molar-refractivity contribution in [3.8, 4) is 0 Å². The molecule has 0 saturated carbocycles. The summed E-state index contributed by atoms with van der Waals surface area (Å²) in [4.78, 5) is 13.7. The molecule has 0 fully saturated rings. The van der Waals surface area contributed by atoms with E-state index < -0.39 is 0 Å². The van der Waals surface area contributed by atoms with Gasteiger partial charge in [-0.2, -0.15) is 0 Å². The highest BCUT2D eigenvalue weighted by atomic mass is 16.3. The molecule has 0 aliphatic heterocycles. The molecule has 0 radical (unpaired) electrons. The Kier molecular flexibility index (Phi) is 4.79. The number of para-hydroxylation sites is 1. The van der Waals surface area contributed by atoms with E-state index >= 15 is 0 Å². The van der Waals surface area contributed by atoms with Crippen LogP contribution >= 0.6 is 0 Å². The Bertz CT molecular complexity index is 351. The Balaban J connectivity index is 2.74. The molecule has 0 atom stereocenters. The van der Waals surface area contributed by atoms with Crippen molar-refractivity contribution in [3.63, 3.8) is 0 Å². The van der Waals surface area contributed by atoms with E-state index in [0.29, 0.717) is 18.5 Å². The maximum Gasteiger partial charge on any atom is 0.253 e. The molecule has 1 rings (SSSR count). The Labute approximate surface area is 95.9 Å². The topological polar surface area (TPSA) is 52.6 Å². The number of anilines is 1. The molecule has 0 heterocycles. The lowest BCUT2D eigenvalue weighted by atomic mass is 10.1. The fraction of sp³-hybridized carbons (Fsp3) is 0.417. The quantitative estimate of drug-likeness (QED) is 0.727. The Morgan fingerprint density at radius 2 is 2.06 bits per heavy atom. The van der Waals surface area contributed by atoms with E-state index in [2.05, 4.69) is 5.32 Å².